The van der Waals surface area contributed by atoms with E-state index in [-0.39, 0.29) is 17.4 Å². The highest BCUT2D eigenvalue weighted by Crippen LogP contribution is 2.48. The Balaban J connectivity index is 1.60. The third-order valence-electron chi connectivity index (χ3n) is 4.12. The predicted octanol–water partition coefficient (Wildman–Crippen LogP) is 2.26. The summed E-state index contributed by atoms with van der Waals surface area (Å²) in [5.74, 6) is 1.81. The van der Waals surface area contributed by atoms with Gasteiger partial charge in [0.15, 0.2) is 0 Å². The molecule has 0 bridgehead atoms. The second-order valence-electron chi connectivity index (χ2n) is 5.79. The lowest BCUT2D eigenvalue weighted by Crippen LogP contribution is -2.31. The van der Waals surface area contributed by atoms with Gasteiger partial charge in [0.25, 0.3) is 5.91 Å². The van der Waals surface area contributed by atoms with Gasteiger partial charge in [-0.05, 0) is 55.6 Å². The number of carbonyl (C=O) groups is 1. The highest BCUT2D eigenvalue weighted by atomic mass is 16.3. The van der Waals surface area contributed by atoms with Gasteiger partial charge < -0.3 is 15.5 Å². The number of phenolic OH excluding ortho intramolecular Hbond substituents is 2. The van der Waals surface area contributed by atoms with E-state index in [2.05, 4.69) is 5.32 Å². The Morgan fingerprint density at radius 1 is 1.11 bits per heavy atom. The van der Waals surface area contributed by atoms with Gasteiger partial charge in [0.2, 0.25) is 0 Å². The topological polar surface area (TPSA) is 69.6 Å². The third kappa shape index (κ3) is 3.00. The fraction of sp³-hybridized carbons (Fsp3) is 0.533. The second-order valence-corrected chi connectivity index (χ2v) is 5.79. The summed E-state index contributed by atoms with van der Waals surface area (Å²) < 4.78 is 0. The number of rotatable bonds is 5. The van der Waals surface area contributed by atoms with Crippen molar-refractivity contribution >= 4 is 5.91 Å². The molecule has 2 aliphatic rings. The van der Waals surface area contributed by atoms with Crippen LogP contribution in [0.5, 0.6) is 11.5 Å². The minimum absolute atomic E-state index is 0.0916. The summed E-state index contributed by atoms with van der Waals surface area (Å²) in [5, 5.41) is 21.7. The molecule has 1 amide bonds. The lowest BCUT2D eigenvalue weighted by atomic mass is 9.98. The Kier molecular flexibility index (Phi) is 3.09. The molecular weight excluding hydrogens is 242 g/mol. The molecule has 0 heterocycles. The zero-order valence-electron chi connectivity index (χ0n) is 10.8. The summed E-state index contributed by atoms with van der Waals surface area (Å²) >= 11 is 0. The van der Waals surface area contributed by atoms with Gasteiger partial charge in [-0.2, -0.15) is 0 Å². The van der Waals surface area contributed by atoms with Crippen LogP contribution in [0.25, 0.3) is 0 Å². The number of phenols is 2. The van der Waals surface area contributed by atoms with Crippen LogP contribution in [0.4, 0.5) is 0 Å². The third-order valence-corrected chi connectivity index (χ3v) is 4.12. The average Bonchev–Trinajstić information content (AvgIpc) is 3.22. The van der Waals surface area contributed by atoms with Gasteiger partial charge in [-0.3, -0.25) is 4.79 Å². The highest BCUT2D eigenvalue weighted by molar-refractivity contribution is 5.95. The minimum atomic E-state index is -0.225. The molecule has 2 saturated carbocycles. The Morgan fingerprint density at radius 2 is 1.63 bits per heavy atom. The number of benzene rings is 1. The van der Waals surface area contributed by atoms with Crippen LogP contribution in [0.2, 0.25) is 0 Å². The van der Waals surface area contributed by atoms with E-state index in [1.165, 1.54) is 43.9 Å². The molecule has 0 aromatic heterocycles. The fourth-order valence-corrected chi connectivity index (χ4v) is 2.81. The predicted molar refractivity (Wildman–Crippen MR) is 71.0 cm³/mol. The molecule has 1 aromatic rings. The van der Waals surface area contributed by atoms with E-state index >= 15 is 0 Å². The largest absolute Gasteiger partial charge is 0.508 e. The molecule has 4 nitrogen and oxygen atoms in total. The number of aromatic hydroxyl groups is 2. The van der Waals surface area contributed by atoms with Gasteiger partial charge in [-0.1, -0.05) is 0 Å². The fourth-order valence-electron chi connectivity index (χ4n) is 2.81. The molecule has 0 radical (unpaired) electrons. The normalized spacial score (nSPS) is 18.6. The van der Waals surface area contributed by atoms with E-state index in [9.17, 15) is 15.0 Å². The van der Waals surface area contributed by atoms with Gasteiger partial charge in [-0.15, -0.1) is 0 Å². The Hall–Kier alpha value is -1.71. The molecule has 4 heteroatoms. The molecule has 2 fully saturated rings. The summed E-state index contributed by atoms with van der Waals surface area (Å²) in [4.78, 5) is 12.0. The van der Waals surface area contributed by atoms with Crippen LogP contribution in [0.1, 0.15) is 36.0 Å². The molecule has 2 aliphatic carbocycles. The van der Waals surface area contributed by atoms with Crippen LogP contribution >= 0.6 is 0 Å². The van der Waals surface area contributed by atoms with E-state index in [1.807, 2.05) is 0 Å². The van der Waals surface area contributed by atoms with Crippen molar-refractivity contribution in [1.82, 2.24) is 5.32 Å². The van der Waals surface area contributed by atoms with E-state index < -0.39 is 0 Å². The molecule has 19 heavy (non-hydrogen) atoms. The van der Waals surface area contributed by atoms with E-state index in [1.54, 1.807) is 0 Å². The van der Waals surface area contributed by atoms with Gasteiger partial charge in [0.1, 0.15) is 11.5 Å². The lowest BCUT2D eigenvalue weighted by Gasteiger charge is -2.16. The van der Waals surface area contributed by atoms with Crippen molar-refractivity contribution in [3.63, 3.8) is 0 Å². The SMILES string of the molecule is O=C(NCC(C1CC1)C1CC1)c1cc(O)cc(O)c1. The monoisotopic (exact) mass is 261 g/mol. The summed E-state index contributed by atoms with van der Waals surface area (Å²) in [5.41, 5.74) is 0.308. The molecule has 1 aromatic carbocycles. The van der Waals surface area contributed by atoms with Crippen LogP contribution in [-0.4, -0.2) is 22.7 Å². The number of amides is 1. The van der Waals surface area contributed by atoms with Crippen molar-refractivity contribution in [2.24, 2.45) is 17.8 Å². The van der Waals surface area contributed by atoms with Crippen molar-refractivity contribution < 1.29 is 15.0 Å². The minimum Gasteiger partial charge on any atom is -0.508 e. The average molecular weight is 261 g/mol. The molecule has 102 valence electrons. The van der Waals surface area contributed by atoms with Crippen molar-refractivity contribution in [3.05, 3.63) is 23.8 Å². The zero-order valence-corrected chi connectivity index (χ0v) is 10.8. The molecular formula is C15H19NO3. The molecule has 0 atom stereocenters. The number of carbonyl (C=O) groups excluding carboxylic acids is 1. The van der Waals surface area contributed by atoms with Gasteiger partial charge >= 0.3 is 0 Å². The smallest absolute Gasteiger partial charge is 0.251 e. The van der Waals surface area contributed by atoms with Crippen molar-refractivity contribution in [2.75, 3.05) is 6.54 Å². The van der Waals surface area contributed by atoms with Crippen LogP contribution in [0.3, 0.4) is 0 Å². The van der Waals surface area contributed by atoms with Gasteiger partial charge in [0, 0.05) is 18.2 Å². The Labute approximate surface area is 112 Å². The molecule has 3 rings (SSSR count). The first-order valence-corrected chi connectivity index (χ1v) is 6.94. The first kappa shape index (κ1) is 12.3. The van der Waals surface area contributed by atoms with Crippen LogP contribution in [0.15, 0.2) is 18.2 Å². The maximum atomic E-state index is 12.0. The number of hydrogen-bond donors (Lipinski definition) is 3. The summed E-state index contributed by atoms with van der Waals surface area (Å²) in [7, 11) is 0. The summed E-state index contributed by atoms with van der Waals surface area (Å²) in [6.07, 6.45) is 5.18. The Morgan fingerprint density at radius 3 is 2.11 bits per heavy atom. The van der Waals surface area contributed by atoms with Gasteiger partial charge in [0.05, 0.1) is 0 Å². The molecule has 0 aliphatic heterocycles. The van der Waals surface area contributed by atoms with E-state index in [0.29, 0.717) is 18.0 Å². The van der Waals surface area contributed by atoms with Crippen molar-refractivity contribution in [2.45, 2.75) is 25.7 Å². The van der Waals surface area contributed by atoms with Crippen molar-refractivity contribution in [1.29, 1.82) is 0 Å². The maximum Gasteiger partial charge on any atom is 0.251 e. The molecule has 0 spiro atoms. The van der Waals surface area contributed by atoms with Crippen molar-refractivity contribution in [3.8, 4) is 11.5 Å². The first-order chi connectivity index (χ1) is 9.13. The first-order valence-electron chi connectivity index (χ1n) is 6.94. The summed E-state index contributed by atoms with van der Waals surface area (Å²) in [6, 6.07) is 3.96. The van der Waals surface area contributed by atoms with E-state index in [4.69, 9.17) is 0 Å². The number of nitrogens with one attached hydrogen (secondary N) is 1. The standard InChI is InChI=1S/C15H19NO3/c17-12-5-11(6-13(18)7-12)15(19)16-8-14(9-1-2-9)10-3-4-10/h5-7,9-10,14,17-18H,1-4,8H2,(H,16,19). The molecule has 0 saturated heterocycles. The number of hydrogen-bond acceptors (Lipinski definition) is 3. The maximum absolute atomic E-state index is 12.0. The van der Waals surface area contributed by atoms with Gasteiger partial charge in [-0.25, -0.2) is 0 Å². The van der Waals surface area contributed by atoms with Crippen LogP contribution in [0, 0.1) is 17.8 Å². The lowest BCUT2D eigenvalue weighted by molar-refractivity contribution is 0.0942. The van der Waals surface area contributed by atoms with Crippen LogP contribution in [-0.2, 0) is 0 Å². The zero-order chi connectivity index (χ0) is 13.4. The summed E-state index contributed by atoms with van der Waals surface area (Å²) in [6.45, 7) is 0.713. The molecule has 3 N–H and O–H groups in total. The second kappa shape index (κ2) is 4.76. The van der Waals surface area contributed by atoms with E-state index in [0.717, 1.165) is 11.8 Å². The highest BCUT2D eigenvalue weighted by Gasteiger charge is 2.41. The Bertz CT molecular complexity index is 460. The quantitative estimate of drug-likeness (QED) is 0.761. The molecule has 0 unspecified atom stereocenters. The van der Waals surface area contributed by atoms with Crippen LogP contribution < -0.4 is 5.32 Å².